The number of carbonyl (C=O) groups excluding carboxylic acids is 1. The number of carboxylic acid groups (broad SMARTS) is 1. The molecule has 3 N–H and O–H groups in total. The van der Waals surface area contributed by atoms with Crippen LogP contribution in [0.25, 0.3) is 0 Å². The van der Waals surface area contributed by atoms with Crippen LogP contribution in [0.4, 0.5) is 9.93 Å². The Balaban J connectivity index is 1.84. The highest BCUT2D eigenvalue weighted by Crippen LogP contribution is 2.29. The van der Waals surface area contributed by atoms with E-state index >= 15 is 0 Å². The molecule has 0 spiro atoms. The van der Waals surface area contributed by atoms with Crippen molar-refractivity contribution in [1.82, 2.24) is 10.3 Å². The van der Waals surface area contributed by atoms with E-state index in [4.69, 9.17) is 0 Å². The summed E-state index contributed by atoms with van der Waals surface area (Å²) in [6.45, 7) is 4.25. The van der Waals surface area contributed by atoms with E-state index in [1.165, 1.54) is 11.3 Å². The lowest BCUT2D eigenvalue weighted by Gasteiger charge is -2.28. The molecule has 1 fully saturated rings. The van der Waals surface area contributed by atoms with Gasteiger partial charge < -0.3 is 10.4 Å². The topological polar surface area (TPSA) is 91.3 Å². The van der Waals surface area contributed by atoms with Crippen LogP contribution in [0.5, 0.6) is 0 Å². The number of amides is 2. The third kappa shape index (κ3) is 4.17. The predicted octanol–water partition coefficient (Wildman–Crippen LogP) is 2.77. The number of rotatable bonds is 4. The summed E-state index contributed by atoms with van der Waals surface area (Å²) < 4.78 is 0. The predicted molar refractivity (Wildman–Crippen MR) is 81.7 cm³/mol. The molecule has 0 aromatic carbocycles. The van der Waals surface area contributed by atoms with Crippen LogP contribution < -0.4 is 10.6 Å². The fourth-order valence-corrected chi connectivity index (χ4v) is 3.48. The van der Waals surface area contributed by atoms with Crippen LogP contribution in [-0.2, 0) is 4.79 Å². The second kappa shape index (κ2) is 6.89. The van der Waals surface area contributed by atoms with E-state index in [1.54, 1.807) is 0 Å². The van der Waals surface area contributed by atoms with Gasteiger partial charge in [-0.1, -0.05) is 12.8 Å². The van der Waals surface area contributed by atoms with Crippen LogP contribution in [-0.4, -0.2) is 28.6 Å². The van der Waals surface area contributed by atoms with Crippen molar-refractivity contribution in [2.45, 2.75) is 39.5 Å². The second-order valence-corrected chi connectivity index (χ2v) is 6.69. The molecule has 6 nitrogen and oxygen atoms in total. The standard InChI is InChI=1S/C14H21N3O3S/c1-8-9(2)21-14(16-8)17-13(20)15-7-10-5-3-4-6-11(10)12(18)19/h10-11H,3-7H2,1-2H3,(H,18,19)(H2,15,16,17,20). The lowest BCUT2D eigenvalue weighted by atomic mass is 9.79. The van der Waals surface area contributed by atoms with E-state index in [2.05, 4.69) is 15.6 Å². The first-order valence-electron chi connectivity index (χ1n) is 7.19. The fraction of sp³-hybridized carbons (Fsp3) is 0.643. The minimum absolute atomic E-state index is 0.0155. The van der Waals surface area contributed by atoms with Crippen molar-refractivity contribution in [3.63, 3.8) is 0 Å². The minimum Gasteiger partial charge on any atom is -0.481 e. The van der Waals surface area contributed by atoms with Gasteiger partial charge in [-0.15, -0.1) is 11.3 Å². The van der Waals surface area contributed by atoms with E-state index in [-0.39, 0.29) is 17.9 Å². The first kappa shape index (κ1) is 15.8. The van der Waals surface area contributed by atoms with Crippen molar-refractivity contribution in [2.75, 3.05) is 11.9 Å². The molecule has 1 aliphatic carbocycles. The van der Waals surface area contributed by atoms with Gasteiger partial charge in [0.2, 0.25) is 0 Å². The van der Waals surface area contributed by atoms with E-state index in [0.29, 0.717) is 18.1 Å². The summed E-state index contributed by atoms with van der Waals surface area (Å²) in [5.74, 6) is -1.08. The molecule has 7 heteroatoms. The molecule has 1 aromatic heterocycles. The molecule has 116 valence electrons. The van der Waals surface area contributed by atoms with Crippen molar-refractivity contribution in [1.29, 1.82) is 0 Å². The Morgan fingerprint density at radius 3 is 2.67 bits per heavy atom. The number of hydrogen-bond donors (Lipinski definition) is 3. The number of hydrogen-bond acceptors (Lipinski definition) is 4. The molecule has 2 atom stereocenters. The number of urea groups is 1. The molecular formula is C14H21N3O3S. The van der Waals surface area contributed by atoms with Crippen LogP contribution in [0.15, 0.2) is 0 Å². The molecule has 1 aromatic rings. The normalized spacial score (nSPS) is 21.8. The van der Waals surface area contributed by atoms with Crippen molar-refractivity contribution < 1.29 is 14.7 Å². The zero-order valence-corrected chi connectivity index (χ0v) is 13.1. The van der Waals surface area contributed by atoms with Crippen molar-refractivity contribution >= 4 is 28.5 Å². The van der Waals surface area contributed by atoms with Crippen LogP contribution >= 0.6 is 11.3 Å². The van der Waals surface area contributed by atoms with Gasteiger partial charge in [-0.25, -0.2) is 9.78 Å². The van der Waals surface area contributed by atoms with E-state index in [0.717, 1.165) is 29.8 Å². The van der Waals surface area contributed by atoms with Crippen LogP contribution in [0.2, 0.25) is 0 Å². The molecule has 2 rings (SSSR count). The average Bonchev–Trinajstić information content (AvgIpc) is 2.75. The Morgan fingerprint density at radius 2 is 2.05 bits per heavy atom. The zero-order valence-electron chi connectivity index (χ0n) is 12.3. The molecule has 0 bridgehead atoms. The highest BCUT2D eigenvalue weighted by molar-refractivity contribution is 7.15. The lowest BCUT2D eigenvalue weighted by molar-refractivity contribution is -0.144. The summed E-state index contributed by atoms with van der Waals surface area (Å²) in [5, 5.41) is 15.2. The second-order valence-electron chi connectivity index (χ2n) is 5.48. The number of nitrogens with one attached hydrogen (secondary N) is 2. The Kier molecular flexibility index (Phi) is 5.17. The molecule has 1 heterocycles. The fourth-order valence-electron chi connectivity index (χ4n) is 2.67. The van der Waals surface area contributed by atoms with Crippen LogP contribution in [0, 0.1) is 25.7 Å². The van der Waals surface area contributed by atoms with Gasteiger partial charge in [0.1, 0.15) is 0 Å². The SMILES string of the molecule is Cc1nc(NC(=O)NCC2CCCCC2C(=O)O)sc1C. The molecule has 21 heavy (non-hydrogen) atoms. The number of nitrogens with zero attached hydrogens (tertiary/aromatic N) is 1. The Hall–Kier alpha value is -1.63. The molecule has 2 amide bonds. The monoisotopic (exact) mass is 311 g/mol. The molecule has 2 unspecified atom stereocenters. The number of thiazole rings is 1. The summed E-state index contributed by atoms with van der Waals surface area (Å²) in [4.78, 5) is 28.4. The number of aromatic nitrogens is 1. The third-order valence-electron chi connectivity index (χ3n) is 4.00. The number of carbonyl (C=O) groups is 2. The first-order chi connectivity index (χ1) is 9.97. The summed E-state index contributed by atoms with van der Waals surface area (Å²) in [6, 6.07) is -0.321. The summed E-state index contributed by atoms with van der Waals surface area (Å²) in [6.07, 6.45) is 3.54. The smallest absolute Gasteiger partial charge is 0.321 e. The maximum absolute atomic E-state index is 11.8. The minimum atomic E-state index is -0.756. The Bertz CT molecular complexity index is 510. The van der Waals surface area contributed by atoms with Gasteiger partial charge in [-0.3, -0.25) is 10.1 Å². The Morgan fingerprint density at radius 1 is 1.33 bits per heavy atom. The summed E-state index contributed by atoms with van der Waals surface area (Å²) in [7, 11) is 0. The average molecular weight is 311 g/mol. The van der Waals surface area contributed by atoms with Gasteiger partial charge in [-0.2, -0.15) is 0 Å². The number of anilines is 1. The van der Waals surface area contributed by atoms with Crippen LogP contribution in [0.1, 0.15) is 36.3 Å². The molecule has 1 saturated carbocycles. The third-order valence-corrected chi connectivity index (χ3v) is 4.99. The maximum Gasteiger partial charge on any atom is 0.321 e. The largest absolute Gasteiger partial charge is 0.481 e. The van der Waals surface area contributed by atoms with Gasteiger partial charge in [0.05, 0.1) is 11.6 Å². The molecule has 0 aliphatic heterocycles. The molecule has 0 radical (unpaired) electrons. The van der Waals surface area contributed by atoms with Gasteiger partial charge >= 0.3 is 12.0 Å². The maximum atomic E-state index is 11.8. The van der Waals surface area contributed by atoms with Crippen LogP contribution in [0.3, 0.4) is 0 Å². The van der Waals surface area contributed by atoms with Crippen molar-refractivity contribution in [2.24, 2.45) is 11.8 Å². The molecule has 0 saturated heterocycles. The van der Waals surface area contributed by atoms with Gasteiger partial charge in [0.15, 0.2) is 5.13 Å². The molecule has 1 aliphatic rings. The first-order valence-corrected chi connectivity index (χ1v) is 8.00. The van der Waals surface area contributed by atoms with Gasteiger partial charge in [-0.05, 0) is 32.6 Å². The highest BCUT2D eigenvalue weighted by Gasteiger charge is 2.30. The van der Waals surface area contributed by atoms with E-state index in [1.807, 2.05) is 13.8 Å². The zero-order chi connectivity index (χ0) is 15.4. The van der Waals surface area contributed by atoms with Crippen molar-refractivity contribution in [3.05, 3.63) is 10.6 Å². The quantitative estimate of drug-likeness (QED) is 0.797. The molecular weight excluding hydrogens is 290 g/mol. The van der Waals surface area contributed by atoms with E-state index in [9.17, 15) is 14.7 Å². The summed E-state index contributed by atoms with van der Waals surface area (Å²) >= 11 is 1.43. The van der Waals surface area contributed by atoms with E-state index < -0.39 is 5.97 Å². The number of aryl methyl sites for hydroxylation is 2. The van der Waals surface area contributed by atoms with Crippen molar-refractivity contribution in [3.8, 4) is 0 Å². The summed E-state index contributed by atoms with van der Waals surface area (Å²) in [5.41, 5.74) is 0.911. The van der Waals surface area contributed by atoms with Gasteiger partial charge in [0.25, 0.3) is 0 Å². The van der Waals surface area contributed by atoms with Gasteiger partial charge in [0, 0.05) is 11.4 Å². The lowest BCUT2D eigenvalue weighted by Crippen LogP contribution is -2.38. The highest BCUT2D eigenvalue weighted by atomic mass is 32.1. The number of aliphatic carboxylic acids is 1. The Labute approximate surface area is 128 Å². The number of carboxylic acids is 1.